The van der Waals surface area contributed by atoms with Gasteiger partial charge < -0.3 is 4.52 Å². The highest BCUT2D eigenvalue weighted by Gasteiger charge is 2.32. The topological polar surface area (TPSA) is 69.1 Å². The zero-order valence-electron chi connectivity index (χ0n) is 14.0. The van der Waals surface area contributed by atoms with Crippen molar-refractivity contribution >= 4 is 40.3 Å². The van der Waals surface area contributed by atoms with Crippen LogP contribution in [0, 0.1) is 0 Å². The Morgan fingerprint density at radius 3 is 2.89 bits per heavy atom. The molecular formula is C16H11ClF3N5OS2. The summed E-state index contributed by atoms with van der Waals surface area (Å²) < 4.78 is 45.5. The molecule has 0 bridgehead atoms. The van der Waals surface area contributed by atoms with Crippen LogP contribution < -0.4 is 0 Å². The number of hydrogen-bond donors (Lipinski definition) is 0. The Labute approximate surface area is 169 Å². The molecule has 0 atom stereocenters. The summed E-state index contributed by atoms with van der Waals surface area (Å²) in [5.41, 5.74) is -0.659. The minimum Gasteiger partial charge on any atom is -0.339 e. The molecule has 0 saturated carbocycles. The van der Waals surface area contributed by atoms with Gasteiger partial charge in [0.15, 0.2) is 10.8 Å². The number of aromatic nitrogens is 5. The van der Waals surface area contributed by atoms with Crippen LogP contribution in [0.25, 0.3) is 16.3 Å². The van der Waals surface area contributed by atoms with E-state index in [4.69, 9.17) is 16.1 Å². The van der Waals surface area contributed by atoms with Gasteiger partial charge in [-0.1, -0.05) is 34.6 Å². The molecule has 0 radical (unpaired) electrons. The number of fused-ring (bicyclic) bond motifs is 1. The molecule has 12 heteroatoms. The van der Waals surface area contributed by atoms with Gasteiger partial charge >= 0.3 is 6.18 Å². The third-order valence-corrected chi connectivity index (χ3v) is 5.90. The van der Waals surface area contributed by atoms with Crippen LogP contribution in [-0.2, 0) is 12.6 Å². The first-order valence-electron chi connectivity index (χ1n) is 8.02. The number of nitrogens with zero attached hydrogens (tertiary/aromatic N) is 5. The van der Waals surface area contributed by atoms with E-state index in [1.165, 1.54) is 27.5 Å². The molecule has 4 heterocycles. The van der Waals surface area contributed by atoms with Crippen molar-refractivity contribution in [1.82, 2.24) is 24.7 Å². The molecule has 4 aromatic rings. The van der Waals surface area contributed by atoms with Crippen molar-refractivity contribution in [3.05, 3.63) is 46.3 Å². The molecular weight excluding hydrogens is 435 g/mol. The summed E-state index contributed by atoms with van der Waals surface area (Å²) in [5, 5.41) is 13.9. The Hall–Kier alpha value is -2.11. The molecule has 0 unspecified atom stereocenters. The minimum atomic E-state index is -4.50. The zero-order valence-corrected chi connectivity index (χ0v) is 16.4. The molecule has 28 heavy (non-hydrogen) atoms. The molecule has 6 nitrogen and oxygen atoms in total. The number of halogens is 4. The molecule has 0 saturated heterocycles. The summed E-state index contributed by atoms with van der Waals surface area (Å²) >= 11 is 8.72. The Bertz CT molecular complexity index is 1090. The number of hydrogen-bond acceptors (Lipinski definition) is 7. The first-order chi connectivity index (χ1) is 13.4. The molecule has 0 aliphatic heterocycles. The van der Waals surface area contributed by atoms with E-state index in [-0.39, 0.29) is 10.7 Å². The maximum Gasteiger partial charge on any atom is 0.417 e. The standard InChI is InChI=1S/C16H11ClF3N5OS2/c17-10-7-9(16(18,19)20)8-25-14(10)22-23-15(25)28-6-2-4-12-21-13(24-26-12)11-3-1-5-27-11/h1,3,5,7-8H,2,4,6H2. The van der Waals surface area contributed by atoms with Crippen molar-refractivity contribution in [1.29, 1.82) is 0 Å². The zero-order chi connectivity index (χ0) is 19.7. The summed E-state index contributed by atoms with van der Waals surface area (Å²) in [7, 11) is 0. The lowest BCUT2D eigenvalue weighted by molar-refractivity contribution is -0.137. The lowest BCUT2D eigenvalue weighted by atomic mass is 10.3. The summed E-state index contributed by atoms with van der Waals surface area (Å²) in [5.74, 6) is 1.65. The Morgan fingerprint density at radius 2 is 2.14 bits per heavy atom. The van der Waals surface area contributed by atoms with Crippen LogP contribution >= 0.6 is 34.7 Å². The Kier molecular flexibility index (Phi) is 5.30. The molecule has 0 N–H and O–H groups in total. The number of thiophene rings is 1. The molecule has 0 aliphatic rings. The number of thioether (sulfide) groups is 1. The maximum absolute atomic E-state index is 13.0. The largest absolute Gasteiger partial charge is 0.417 e. The smallest absolute Gasteiger partial charge is 0.339 e. The number of rotatable bonds is 6. The highest BCUT2D eigenvalue weighted by atomic mass is 35.5. The first kappa shape index (κ1) is 19.2. The van der Waals surface area contributed by atoms with Gasteiger partial charge in [0.1, 0.15) is 0 Å². The van der Waals surface area contributed by atoms with Gasteiger partial charge in [0.25, 0.3) is 0 Å². The van der Waals surface area contributed by atoms with E-state index >= 15 is 0 Å². The predicted molar refractivity (Wildman–Crippen MR) is 99.7 cm³/mol. The van der Waals surface area contributed by atoms with Crippen molar-refractivity contribution in [3.63, 3.8) is 0 Å². The lowest BCUT2D eigenvalue weighted by Gasteiger charge is -2.08. The van der Waals surface area contributed by atoms with Gasteiger partial charge in [0, 0.05) is 18.4 Å². The van der Waals surface area contributed by atoms with Gasteiger partial charge in [-0.05, 0) is 23.9 Å². The van der Waals surface area contributed by atoms with Crippen molar-refractivity contribution in [3.8, 4) is 10.7 Å². The average Bonchev–Trinajstić information content (AvgIpc) is 3.38. The van der Waals surface area contributed by atoms with Gasteiger partial charge in [0.05, 0.1) is 15.5 Å². The van der Waals surface area contributed by atoms with E-state index < -0.39 is 11.7 Å². The van der Waals surface area contributed by atoms with Crippen LogP contribution in [0.2, 0.25) is 5.02 Å². The Morgan fingerprint density at radius 1 is 1.29 bits per heavy atom. The first-order valence-corrected chi connectivity index (χ1v) is 10.3. The van der Waals surface area contributed by atoms with Crippen LogP contribution in [0.3, 0.4) is 0 Å². The van der Waals surface area contributed by atoms with Crippen LogP contribution in [0.15, 0.2) is 39.5 Å². The molecule has 0 aliphatic carbocycles. The van der Waals surface area contributed by atoms with Crippen molar-refractivity contribution in [2.24, 2.45) is 0 Å². The van der Waals surface area contributed by atoms with Crippen molar-refractivity contribution in [2.75, 3.05) is 5.75 Å². The van der Waals surface area contributed by atoms with E-state index in [1.54, 1.807) is 0 Å². The lowest BCUT2D eigenvalue weighted by Crippen LogP contribution is -2.07. The SMILES string of the molecule is FC(F)(F)c1cc(Cl)c2nnc(SCCCc3nc(-c4cccs4)no3)n2c1. The van der Waals surface area contributed by atoms with Crippen LogP contribution in [-0.4, -0.2) is 30.5 Å². The fraction of sp³-hybridized carbons (Fsp3) is 0.250. The van der Waals surface area contributed by atoms with Crippen LogP contribution in [0.5, 0.6) is 0 Å². The second-order valence-corrected chi connectivity index (χ2v) is 8.11. The molecule has 0 spiro atoms. The number of aryl methyl sites for hydroxylation is 1. The number of alkyl halides is 3. The van der Waals surface area contributed by atoms with Gasteiger partial charge in [-0.25, -0.2) is 0 Å². The third-order valence-electron chi connectivity index (χ3n) is 3.73. The predicted octanol–water partition coefficient (Wildman–Crippen LogP) is 5.24. The monoisotopic (exact) mass is 445 g/mol. The molecule has 146 valence electrons. The van der Waals surface area contributed by atoms with E-state index in [0.29, 0.717) is 35.5 Å². The summed E-state index contributed by atoms with van der Waals surface area (Å²) in [6, 6.07) is 4.67. The summed E-state index contributed by atoms with van der Waals surface area (Å²) in [6.45, 7) is 0. The molecule has 0 fully saturated rings. The normalized spacial score (nSPS) is 12.1. The molecule has 4 rings (SSSR count). The average molecular weight is 446 g/mol. The highest BCUT2D eigenvalue weighted by molar-refractivity contribution is 7.99. The minimum absolute atomic E-state index is 0.0962. The fourth-order valence-corrected chi connectivity index (χ4v) is 4.18. The molecule has 0 aromatic carbocycles. The van der Waals surface area contributed by atoms with E-state index in [2.05, 4.69) is 20.3 Å². The van der Waals surface area contributed by atoms with E-state index in [1.807, 2.05) is 17.5 Å². The fourth-order valence-electron chi connectivity index (χ4n) is 2.44. The third kappa shape index (κ3) is 4.01. The second kappa shape index (κ2) is 7.72. The van der Waals surface area contributed by atoms with Crippen LogP contribution in [0.1, 0.15) is 17.9 Å². The van der Waals surface area contributed by atoms with Gasteiger partial charge in [-0.2, -0.15) is 18.2 Å². The van der Waals surface area contributed by atoms with Crippen molar-refractivity contribution in [2.45, 2.75) is 24.2 Å². The Balaban J connectivity index is 1.40. The van der Waals surface area contributed by atoms with E-state index in [9.17, 15) is 13.2 Å². The van der Waals surface area contributed by atoms with Gasteiger partial charge in [0.2, 0.25) is 11.7 Å². The van der Waals surface area contributed by atoms with Gasteiger partial charge in [-0.3, -0.25) is 4.40 Å². The maximum atomic E-state index is 13.0. The van der Waals surface area contributed by atoms with Crippen molar-refractivity contribution < 1.29 is 17.7 Å². The quantitative estimate of drug-likeness (QED) is 0.298. The summed E-state index contributed by atoms with van der Waals surface area (Å²) in [4.78, 5) is 5.26. The van der Waals surface area contributed by atoms with Crippen LogP contribution in [0.4, 0.5) is 13.2 Å². The van der Waals surface area contributed by atoms with E-state index in [0.717, 1.165) is 17.1 Å². The van der Waals surface area contributed by atoms with Gasteiger partial charge in [-0.15, -0.1) is 21.5 Å². The second-order valence-electron chi connectivity index (χ2n) is 5.69. The highest BCUT2D eigenvalue weighted by Crippen LogP contribution is 2.33. The summed E-state index contributed by atoms with van der Waals surface area (Å²) in [6.07, 6.45) is -2.31. The molecule has 0 amide bonds. The number of pyridine rings is 1. The molecule has 4 aromatic heterocycles.